The number of benzene rings is 1. The molecule has 1 unspecified atom stereocenters. The molecule has 3 aliphatic heterocycles. The second kappa shape index (κ2) is 13.8. The highest BCUT2D eigenvalue weighted by Crippen LogP contribution is 2.50. The van der Waals surface area contributed by atoms with Crippen molar-refractivity contribution in [2.75, 3.05) is 57.9 Å². The predicted molar refractivity (Wildman–Crippen MR) is 202 cm³/mol. The van der Waals surface area contributed by atoms with Gasteiger partial charge >= 0.3 is 6.09 Å². The van der Waals surface area contributed by atoms with Gasteiger partial charge in [0, 0.05) is 75.2 Å². The molecule has 1 spiro atoms. The molecule has 11 nitrogen and oxygen atoms in total. The van der Waals surface area contributed by atoms with Crippen LogP contribution < -0.4 is 4.90 Å². The Morgan fingerprint density at radius 2 is 1.75 bits per heavy atom. The normalized spacial score (nSPS) is 22.2. The third-order valence-electron chi connectivity index (χ3n) is 11.7. The third kappa shape index (κ3) is 7.00. The molecular weight excluding hydrogens is 666 g/mol. The van der Waals surface area contributed by atoms with Crippen molar-refractivity contribution in [3.8, 4) is 11.1 Å². The van der Waals surface area contributed by atoms with Crippen LogP contribution in [0.3, 0.4) is 0 Å². The largest absolute Gasteiger partial charge is 0.444 e. The van der Waals surface area contributed by atoms with Crippen molar-refractivity contribution in [1.82, 2.24) is 29.4 Å². The van der Waals surface area contributed by atoms with E-state index < -0.39 is 5.60 Å². The van der Waals surface area contributed by atoms with Crippen LogP contribution in [0.4, 0.5) is 10.6 Å². The van der Waals surface area contributed by atoms with Crippen LogP contribution in [0.1, 0.15) is 110 Å². The summed E-state index contributed by atoms with van der Waals surface area (Å²) in [5.74, 6) is 1.02. The Morgan fingerprint density at radius 3 is 2.37 bits per heavy atom. The number of likely N-dealkylation sites (tertiary alicyclic amines) is 1. The van der Waals surface area contributed by atoms with Crippen molar-refractivity contribution in [3.05, 3.63) is 28.5 Å². The van der Waals surface area contributed by atoms with E-state index in [4.69, 9.17) is 36.0 Å². The summed E-state index contributed by atoms with van der Waals surface area (Å²) in [5.41, 5.74) is 4.55. The number of carbonyl (C=O) groups is 1. The zero-order valence-electron chi connectivity index (χ0n) is 32.1. The van der Waals surface area contributed by atoms with Gasteiger partial charge in [-0.05, 0) is 111 Å². The van der Waals surface area contributed by atoms with Crippen LogP contribution in [0.2, 0.25) is 5.02 Å². The van der Waals surface area contributed by atoms with Gasteiger partial charge in [-0.1, -0.05) is 11.6 Å². The lowest BCUT2D eigenvalue weighted by Crippen LogP contribution is -2.67. The molecule has 1 aliphatic carbocycles. The number of carbonyl (C=O) groups excluding carboxylic acids is 1. The molecule has 51 heavy (non-hydrogen) atoms. The highest BCUT2D eigenvalue weighted by atomic mass is 35.5. The van der Waals surface area contributed by atoms with Gasteiger partial charge < -0.3 is 24.0 Å². The van der Waals surface area contributed by atoms with Gasteiger partial charge in [-0.2, -0.15) is 10.2 Å². The van der Waals surface area contributed by atoms with Crippen molar-refractivity contribution in [1.29, 1.82) is 0 Å². The number of methoxy groups -OCH3 is 1. The number of anilines is 1. The van der Waals surface area contributed by atoms with Crippen molar-refractivity contribution in [2.45, 2.75) is 129 Å². The van der Waals surface area contributed by atoms with Crippen LogP contribution in [0, 0.1) is 13.8 Å². The first-order valence-corrected chi connectivity index (χ1v) is 19.5. The predicted octanol–water partition coefficient (Wildman–Crippen LogP) is 7.91. The minimum Gasteiger partial charge on any atom is -0.444 e. The maximum Gasteiger partial charge on any atom is 0.410 e. The van der Waals surface area contributed by atoms with Gasteiger partial charge in [0.25, 0.3) is 0 Å². The molecule has 1 amide bonds. The van der Waals surface area contributed by atoms with Crippen molar-refractivity contribution >= 4 is 34.4 Å². The Labute approximate surface area is 308 Å². The fourth-order valence-corrected chi connectivity index (χ4v) is 9.03. The quantitative estimate of drug-likeness (QED) is 0.243. The van der Waals surface area contributed by atoms with Gasteiger partial charge in [-0.15, -0.1) is 0 Å². The summed E-state index contributed by atoms with van der Waals surface area (Å²) in [4.78, 5) is 20.0. The zero-order valence-corrected chi connectivity index (χ0v) is 32.8. The Bertz CT molecular complexity index is 1740. The fraction of sp³-hybridized carbons (Fsp3) is 0.718. The first-order chi connectivity index (χ1) is 24.2. The van der Waals surface area contributed by atoms with Gasteiger partial charge in [0.15, 0.2) is 12.0 Å². The number of aryl methyl sites for hydroxylation is 1. The van der Waals surface area contributed by atoms with Gasteiger partial charge in [0.05, 0.1) is 33.9 Å². The van der Waals surface area contributed by atoms with E-state index in [0.29, 0.717) is 13.1 Å². The number of amides is 1. The number of nitrogens with zero attached hydrogens (tertiary/aromatic N) is 7. The van der Waals surface area contributed by atoms with Crippen molar-refractivity contribution < 1.29 is 19.0 Å². The molecule has 0 radical (unpaired) electrons. The summed E-state index contributed by atoms with van der Waals surface area (Å²) >= 11 is 7.41. The van der Waals surface area contributed by atoms with E-state index in [9.17, 15) is 4.79 Å². The molecule has 5 heterocycles. The summed E-state index contributed by atoms with van der Waals surface area (Å²) in [6.07, 6.45) is 9.90. The molecule has 0 N–H and O–H groups in total. The summed E-state index contributed by atoms with van der Waals surface area (Å²) in [5, 5.41) is 12.3. The molecule has 1 saturated carbocycles. The fourth-order valence-electron chi connectivity index (χ4n) is 8.78. The van der Waals surface area contributed by atoms with Crippen LogP contribution in [0.15, 0.2) is 12.3 Å². The monoisotopic (exact) mass is 723 g/mol. The zero-order chi connectivity index (χ0) is 36.3. The molecule has 7 rings (SSSR count). The lowest BCUT2D eigenvalue weighted by Gasteiger charge is -2.57. The van der Waals surface area contributed by atoms with E-state index in [1.807, 2.05) is 39.0 Å². The standard InChI is InChI=1S/C39H58ClN7O4/c1-26-22-30-29(23-41-47(30)31-12-9-10-21-50-31)33(34(26)40)32-27(2)46(28-13-17-44(18-14-28)36(48)51-37(3,4)5)42-35(32)45-20-19-43(24-38(6,7)49-8)25-39(45)15-11-16-39/h22-23,28,31H,9-21,24-25H2,1-8H3. The molecule has 3 aromatic rings. The molecule has 280 valence electrons. The molecule has 2 aromatic heterocycles. The van der Waals surface area contributed by atoms with E-state index >= 15 is 0 Å². The van der Waals surface area contributed by atoms with Crippen LogP contribution in [-0.4, -0.2) is 105 Å². The summed E-state index contributed by atoms with van der Waals surface area (Å²) in [6.45, 7) is 20.1. The second-order valence-corrected chi connectivity index (χ2v) is 17.4. The molecule has 4 aliphatic rings. The van der Waals surface area contributed by atoms with E-state index in [0.717, 1.165) is 122 Å². The Morgan fingerprint density at radius 1 is 1.00 bits per heavy atom. The molecule has 4 fully saturated rings. The molecule has 12 heteroatoms. The highest BCUT2D eigenvalue weighted by Gasteiger charge is 2.49. The van der Waals surface area contributed by atoms with Crippen LogP contribution in [0.25, 0.3) is 22.0 Å². The smallest absolute Gasteiger partial charge is 0.410 e. The van der Waals surface area contributed by atoms with Gasteiger partial charge in [0.2, 0.25) is 0 Å². The average molecular weight is 724 g/mol. The Balaban J connectivity index is 1.31. The first-order valence-electron chi connectivity index (χ1n) is 19.1. The summed E-state index contributed by atoms with van der Waals surface area (Å²) in [6, 6.07) is 2.32. The van der Waals surface area contributed by atoms with Gasteiger partial charge in [-0.3, -0.25) is 9.58 Å². The van der Waals surface area contributed by atoms with Crippen molar-refractivity contribution in [3.63, 3.8) is 0 Å². The maximum atomic E-state index is 13.0. The van der Waals surface area contributed by atoms with E-state index in [1.165, 1.54) is 6.42 Å². The minimum atomic E-state index is -0.521. The molecule has 3 saturated heterocycles. The number of ether oxygens (including phenoxy) is 3. The number of aromatic nitrogens is 4. The topological polar surface area (TPSA) is 90.1 Å². The number of hydrogen-bond donors (Lipinski definition) is 0. The molecular formula is C39H58ClN7O4. The minimum absolute atomic E-state index is 0.00193. The average Bonchev–Trinajstić information content (AvgIpc) is 3.64. The van der Waals surface area contributed by atoms with E-state index in [2.05, 4.69) is 52.9 Å². The third-order valence-corrected chi connectivity index (χ3v) is 12.2. The lowest BCUT2D eigenvalue weighted by atomic mass is 9.73. The van der Waals surface area contributed by atoms with Crippen molar-refractivity contribution in [2.24, 2.45) is 0 Å². The summed E-state index contributed by atoms with van der Waals surface area (Å²) in [7, 11) is 1.81. The second-order valence-electron chi connectivity index (χ2n) is 17.1. The number of piperidine rings is 1. The lowest BCUT2D eigenvalue weighted by molar-refractivity contribution is -0.0366. The molecule has 0 bridgehead atoms. The number of rotatable bonds is 7. The highest BCUT2D eigenvalue weighted by molar-refractivity contribution is 6.36. The number of halogens is 1. The van der Waals surface area contributed by atoms with Crippen LogP contribution in [-0.2, 0) is 14.2 Å². The Hall–Kier alpha value is -2.86. The van der Waals surface area contributed by atoms with Gasteiger partial charge in [0.1, 0.15) is 5.60 Å². The van der Waals surface area contributed by atoms with E-state index in [-0.39, 0.29) is 29.5 Å². The SMILES string of the molecule is COC(C)(C)CN1CCN(c2nn(C3CCN(C(=O)OC(C)(C)C)CC3)c(C)c2-c2c(Cl)c(C)cc3c2cnn3C2CCCCO2)C2(CCC2)C1. The summed E-state index contributed by atoms with van der Waals surface area (Å²) < 4.78 is 22.1. The Kier molecular flexibility index (Phi) is 9.91. The number of hydrogen-bond acceptors (Lipinski definition) is 8. The molecule has 1 aromatic carbocycles. The molecule has 1 atom stereocenters. The van der Waals surface area contributed by atoms with Gasteiger partial charge in [-0.25, -0.2) is 9.48 Å². The first kappa shape index (κ1) is 36.5. The van der Waals surface area contributed by atoms with Crippen LogP contribution >= 0.6 is 11.6 Å². The maximum absolute atomic E-state index is 13.0. The number of fused-ring (bicyclic) bond motifs is 1. The van der Waals surface area contributed by atoms with E-state index in [1.54, 1.807) is 0 Å². The number of piperazine rings is 1. The van der Waals surface area contributed by atoms with Crippen LogP contribution in [0.5, 0.6) is 0 Å².